The first-order valence-corrected chi connectivity index (χ1v) is 12.2. The fourth-order valence-electron chi connectivity index (χ4n) is 4.08. The summed E-state index contributed by atoms with van der Waals surface area (Å²) in [5.41, 5.74) is 0.372. The Morgan fingerprint density at radius 3 is 2.32 bits per heavy atom. The number of alkyl halides is 3. The number of anilines is 1. The minimum Gasteiger partial charge on any atom is -0.458 e. The number of amides is 1. The number of nitrogens with one attached hydrogen (secondary N) is 1. The molecule has 0 saturated heterocycles. The van der Waals surface area contributed by atoms with Gasteiger partial charge in [-0.3, -0.25) is 4.79 Å². The van der Waals surface area contributed by atoms with Crippen LogP contribution in [0.2, 0.25) is 0 Å². The van der Waals surface area contributed by atoms with Gasteiger partial charge in [-0.15, -0.1) is 0 Å². The zero-order valence-corrected chi connectivity index (χ0v) is 22.1. The number of carbonyl (C=O) groups is 2. The summed E-state index contributed by atoms with van der Waals surface area (Å²) in [5.74, 6) is -4.04. The van der Waals surface area contributed by atoms with Gasteiger partial charge in [0.15, 0.2) is 0 Å². The lowest BCUT2D eigenvalue weighted by Crippen LogP contribution is -2.52. The molecule has 2 unspecified atom stereocenters. The highest BCUT2D eigenvalue weighted by atomic mass is 19.4. The number of hydrogen-bond acceptors (Lipinski definition) is 6. The number of nitrogens with zero attached hydrogens (tertiary/aromatic N) is 1. The van der Waals surface area contributed by atoms with E-state index in [9.17, 15) is 27.6 Å². The van der Waals surface area contributed by atoms with Crippen LogP contribution in [0.15, 0.2) is 45.6 Å². The Labute approximate surface area is 214 Å². The molecule has 0 aliphatic heterocycles. The van der Waals surface area contributed by atoms with Crippen molar-refractivity contribution in [1.82, 2.24) is 5.32 Å². The largest absolute Gasteiger partial charge is 0.471 e. The predicted molar refractivity (Wildman–Crippen MR) is 137 cm³/mol. The van der Waals surface area contributed by atoms with Crippen LogP contribution in [0.1, 0.15) is 53.5 Å². The fourth-order valence-corrected chi connectivity index (χ4v) is 4.08. The van der Waals surface area contributed by atoms with E-state index in [1.807, 2.05) is 26.0 Å². The van der Waals surface area contributed by atoms with Crippen molar-refractivity contribution in [2.75, 3.05) is 18.0 Å². The smallest absolute Gasteiger partial charge is 0.458 e. The van der Waals surface area contributed by atoms with E-state index in [0.29, 0.717) is 16.5 Å². The van der Waals surface area contributed by atoms with E-state index in [4.69, 9.17) is 9.15 Å². The van der Waals surface area contributed by atoms with Gasteiger partial charge in [0.1, 0.15) is 17.2 Å². The van der Waals surface area contributed by atoms with Crippen LogP contribution in [0.25, 0.3) is 11.0 Å². The van der Waals surface area contributed by atoms with Gasteiger partial charge < -0.3 is 19.4 Å². The Morgan fingerprint density at radius 2 is 1.78 bits per heavy atom. The van der Waals surface area contributed by atoms with E-state index in [2.05, 4.69) is 4.90 Å². The van der Waals surface area contributed by atoms with Gasteiger partial charge >= 0.3 is 23.7 Å². The molecule has 2 atom stereocenters. The number of rotatable bonds is 10. The van der Waals surface area contributed by atoms with Crippen LogP contribution in [0.3, 0.4) is 0 Å². The normalized spacial score (nSPS) is 14.0. The number of ether oxygens (including phenoxy) is 1. The van der Waals surface area contributed by atoms with Gasteiger partial charge in [-0.05, 0) is 72.1 Å². The molecule has 1 amide bonds. The first-order chi connectivity index (χ1) is 17.2. The van der Waals surface area contributed by atoms with E-state index < -0.39 is 41.2 Å². The van der Waals surface area contributed by atoms with Crippen molar-refractivity contribution in [3.05, 3.63) is 52.4 Å². The molecule has 0 saturated carbocycles. The Balaban J connectivity index is 2.42. The van der Waals surface area contributed by atoms with Crippen molar-refractivity contribution in [2.45, 2.75) is 72.2 Å². The number of allylic oxidation sites excluding steroid dienone is 1. The molecule has 0 spiro atoms. The summed E-state index contributed by atoms with van der Waals surface area (Å²) in [4.78, 5) is 39.0. The van der Waals surface area contributed by atoms with Crippen LogP contribution >= 0.6 is 0 Å². The maximum Gasteiger partial charge on any atom is 0.471 e. The number of fused-ring (bicyclic) bond motifs is 1. The van der Waals surface area contributed by atoms with Crippen LogP contribution in [-0.2, 0) is 20.7 Å². The predicted octanol–water partition coefficient (Wildman–Crippen LogP) is 5.15. The molecule has 37 heavy (non-hydrogen) atoms. The molecule has 1 aromatic carbocycles. The molecule has 2 aromatic rings. The second-order valence-electron chi connectivity index (χ2n) is 9.65. The summed E-state index contributed by atoms with van der Waals surface area (Å²) in [7, 11) is 0. The maximum absolute atomic E-state index is 13.0. The zero-order chi connectivity index (χ0) is 28.0. The lowest BCUT2D eigenvalue weighted by molar-refractivity contribution is -0.177. The molecule has 1 aromatic heterocycles. The minimum absolute atomic E-state index is 0.155. The number of aryl methyl sites for hydroxylation is 1. The lowest BCUT2D eigenvalue weighted by Gasteiger charge is -2.29. The molecule has 7 nitrogen and oxygen atoms in total. The van der Waals surface area contributed by atoms with Crippen LogP contribution in [0, 0.1) is 5.92 Å². The molecule has 10 heteroatoms. The Kier molecular flexibility index (Phi) is 9.94. The average Bonchev–Trinajstić information content (AvgIpc) is 2.78. The van der Waals surface area contributed by atoms with Crippen molar-refractivity contribution in [1.29, 1.82) is 0 Å². The average molecular weight is 525 g/mol. The van der Waals surface area contributed by atoms with Crippen LogP contribution < -0.4 is 15.8 Å². The third kappa shape index (κ3) is 8.36. The van der Waals surface area contributed by atoms with E-state index in [0.717, 1.165) is 18.8 Å². The maximum atomic E-state index is 13.0. The highest BCUT2D eigenvalue weighted by molar-refractivity contribution is 5.88. The molecule has 0 fully saturated rings. The quantitative estimate of drug-likeness (QED) is 0.263. The van der Waals surface area contributed by atoms with Gasteiger partial charge in [0.2, 0.25) is 0 Å². The molecule has 0 aliphatic rings. The van der Waals surface area contributed by atoms with Gasteiger partial charge in [-0.25, -0.2) is 9.59 Å². The monoisotopic (exact) mass is 524 g/mol. The van der Waals surface area contributed by atoms with Gasteiger partial charge in [0.25, 0.3) is 0 Å². The molecule has 0 bridgehead atoms. The van der Waals surface area contributed by atoms with E-state index in [1.165, 1.54) is 6.07 Å². The van der Waals surface area contributed by atoms with Gasteiger partial charge in [0, 0.05) is 42.2 Å². The fraction of sp³-hybridized carbons (Fsp3) is 0.519. The first-order valence-electron chi connectivity index (χ1n) is 12.2. The third-order valence-electron chi connectivity index (χ3n) is 5.76. The molecular formula is C27H35F3N2O5. The van der Waals surface area contributed by atoms with Crippen LogP contribution in [0.4, 0.5) is 18.9 Å². The number of hydrogen-bond donors (Lipinski definition) is 1. The molecule has 1 N–H and O–H groups in total. The summed E-state index contributed by atoms with van der Waals surface area (Å²) >= 11 is 0. The Morgan fingerprint density at radius 1 is 1.14 bits per heavy atom. The van der Waals surface area contributed by atoms with Gasteiger partial charge in [-0.1, -0.05) is 12.2 Å². The highest BCUT2D eigenvalue weighted by Crippen LogP contribution is 2.27. The lowest BCUT2D eigenvalue weighted by atomic mass is 9.90. The number of carbonyl (C=O) groups excluding carboxylic acids is 2. The summed E-state index contributed by atoms with van der Waals surface area (Å²) in [6, 6.07) is 5.29. The summed E-state index contributed by atoms with van der Waals surface area (Å²) in [6.07, 6.45) is -1.63. The highest BCUT2D eigenvalue weighted by Gasteiger charge is 2.43. The molecule has 0 radical (unpaired) electrons. The number of halogens is 3. The molecule has 204 valence electrons. The van der Waals surface area contributed by atoms with Crippen molar-refractivity contribution in [2.24, 2.45) is 5.92 Å². The van der Waals surface area contributed by atoms with Gasteiger partial charge in [0.05, 0.1) is 0 Å². The molecule has 0 aliphatic carbocycles. The molecule has 2 rings (SSSR count). The van der Waals surface area contributed by atoms with Gasteiger partial charge in [-0.2, -0.15) is 13.2 Å². The first kappa shape index (κ1) is 29.9. The zero-order valence-electron chi connectivity index (χ0n) is 22.1. The standard InChI is InChI=1S/C27H35F3N2O5/c1-7-10-17(23(24(34)37-26(4,5)6)31-25(35)27(28,29)30)11-12-18-15-22(33)36-21-16-19(13-14-20(18)21)32(8-2)9-3/h7,10,13-17,23H,8-9,11-12H2,1-6H3,(H,31,35)/b10-7+. The molecule has 1 heterocycles. The third-order valence-corrected chi connectivity index (χ3v) is 5.76. The summed E-state index contributed by atoms with van der Waals surface area (Å²) in [5, 5.41) is 2.49. The second-order valence-corrected chi connectivity index (χ2v) is 9.65. The van der Waals surface area contributed by atoms with Crippen molar-refractivity contribution in [3.63, 3.8) is 0 Å². The Bertz CT molecular complexity index is 1180. The van der Waals surface area contributed by atoms with Crippen LogP contribution in [0.5, 0.6) is 0 Å². The summed E-state index contributed by atoms with van der Waals surface area (Å²) < 4.78 is 49.8. The Hall–Kier alpha value is -3.30. The van der Waals surface area contributed by atoms with Crippen molar-refractivity contribution in [3.8, 4) is 0 Å². The van der Waals surface area contributed by atoms with E-state index in [1.54, 1.807) is 51.2 Å². The molecular weight excluding hydrogens is 489 g/mol. The second kappa shape index (κ2) is 12.3. The van der Waals surface area contributed by atoms with Crippen LogP contribution in [-0.4, -0.2) is 42.8 Å². The SMILES string of the molecule is C/C=C/C(CCc1cc(=O)oc2cc(N(CC)CC)ccc12)C(NC(=O)C(F)(F)F)C(=O)OC(C)(C)C. The van der Waals surface area contributed by atoms with Crippen molar-refractivity contribution < 1.29 is 31.9 Å². The summed E-state index contributed by atoms with van der Waals surface area (Å²) in [6.45, 7) is 12.0. The van der Waals surface area contributed by atoms with E-state index >= 15 is 0 Å². The minimum atomic E-state index is -5.17. The topological polar surface area (TPSA) is 88.9 Å². The van der Waals surface area contributed by atoms with Crippen molar-refractivity contribution >= 4 is 28.5 Å². The number of esters is 1. The van der Waals surface area contributed by atoms with E-state index in [-0.39, 0.29) is 12.8 Å². The number of benzene rings is 1.